The van der Waals surface area contributed by atoms with Crippen molar-refractivity contribution < 1.29 is 9.59 Å². The molecule has 9 heteroatoms. The number of aromatic nitrogens is 4. The number of benzene rings is 4. The molecule has 0 bridgehead atoms. The lowest BCUT2D eigenvalue weighted by molar-refractivity contribution is -0.138. The van der Waals surface area contributed by atoms with Crippen LogP contribution in [-0.2, 0) is 16.0 Å². The van der Waals surface area contributed by atoms with Crippen LogP contribution in [0.15, 0.2) is 109 Å². The lowest BCUT2D eigenvalue weighted by Crippen LogP contribution is -2.43. The third kappa shape index (κ3) is 7.69. The van der Waals surface area contributed by atoms with Crippen LogP contribution in [0.3, 0.4) is 0 Å². The molecular formula is C46H47N7O2. The summed E-state index contributed by atoms with van der Waals surface area (Å²) in [6.45, 7) is 7.29. The van der Waals surface area contributed by atoms with Gasteiger partial charge in [-0.2, -0.15) is 0 Å². The molecule has 0 radical (unpaired) electrons. The van der Waals surface area contributed by atoms with E-state index in [4.69, 9.17) is 9.97 Å². The molecule has 55 heavy (non-hydrogen) atoms. The molecule has 8 rings (SSSR count). The van der Waals surface area contributed by atoms with E-state index in [1.807, 2.05) is 94.9 Å². The standard InChI is InChI=1S/C46H47N7O2/c1-3-51(4-2)43(36-15-9-6-10-16-36)46(55)53-28-12-18-41(53)45-48-37-26-23-34(29-38(37)49-45)20-19-32-21-24-35(25-22-32)39-31-47-44(50-39)40-17-11-27-52(40)42(54)30-33-13-7-5-8-14-33/h5-10,13-16,21-26,29,31,40-41,43H,3-4,11-12,17-18,27-28,30H2,1-2H3,(H,47,50)(H,48,49)/t40-,41-,43+/m0/s1. The molecule has 0 spiro atoms. The number of likely N-dealkylation sites (tertiary alicyclic amines) is 2. The van der Waals surface area contributed by atoms with Gasteiger partial charge in [0.2, 0.25) is 11.8 Å². The van der Waals surface area contributed by atoms with Crippen LogP contribution in [0.25, 0.3) is 22.3 Å². The Balaban J connectivity index is 0.940. The van der Waals surface area contributed by atoms with Crippen LogP contribution < -0.4 is 0 Å². The van der Waals surface area contributed by atoms with Gasteiger partial charge in [-0.05, 0) is 85.8 Å². The molecule has 2 amide bonds. The summed E-state index contributed by atoms with van der Waals surface area (Å²) in [7, 11) is 0. The van der Waals surface area contributed by atoms with Gasteiger partial charge in [0.15, 0.2) is 0 Å². The monoisotopic (exact) mass is 729 g/mol. The average Bonchev–Trinajstić information content (AvgIpc) is 4.06. The SMILES string of the molecule is CCN(CC)[C@@H](C(=O)N1CCC[C@H]1c1nc2ccc(C#Cc3ccc(-c4cnc([C@@H]5CCCN5C(=O)Cc5ccccc5)[nH]4)cc3)cc2[nH]1)c1ccccc1. The highest BCUT2D eigenvalue weighted by Gasteiger charge is 2.38. The molecule has 2 aliphatic heterocycles. The smallest absolute Gasteiger partial charge is 0.245 e. The average molecular weight is 730 g/mol. The number of H-pyrrole nitrogens is 2. The van der Waals surface area contributed by atoms with Gasteiger partial charge < -0.3 is 19.8 Å². The third-order valence-electron chi connectivity index (χ3n) is 11.1. The molecule has 0 saturated carbocycles. The van der Waals surface area contributed by atoms with E-state index in [9.17, 15) is 9.59 Å². The number of nitrogens with zero attached hydrogens (tertiary/aromatic N) is 5. The Labute approximate surface area is 322 Å². The minimum atomic E-state index is -0.320. The number of hydrogen-bond donors (Lipinski definition) is 2. The highest BCUT2D eigenvalue weighted by molar-refractivity contribution is 5.84. The highest BCUT2D eigenvalue weighted by Crippen LogP contribution is 2.36. The summed E-state index contributed by atoms with van der Waals surface area (Å²) in [5.74, 6) is 8.57. The van der Waals surface area contributed by atoms with Crippen molar-refractivity contribution in [3.63, 3.8) is 0 Å². The van der Waals surface area contributed by atoms with Crippen molar-refractivity contribution in [1.29, 1.82) is 0 Å². The second kappa shape index (κ2) is 16.2. The summed E-state index contributed by atoms with van der Waals surface area (Å²) in [5.41, 5.74) is 7.57. The summed E-state index contributed by atoms with van der Waals surface area (Å²) >= 11 is 0. The number of hydrogen-bond acceptors (Lipinski definition) is 5. The van der Waals surface area contributed by atoms with Crippen LogP contribution in [0.5, 0.6) is 0 Å². The van der Waals surface area contributed by atoms with E-state index in [0.29, 0.717) is 6.42 Å². The van der Waals surface area contributed by atoms with Crippen LogP contribution in [-0.4, -0.2) is 72.6 Å². The third-order valence-corrected chi connectivity index (χ3v) is 11.1. The predicted octanol–water partition coefficient (Wildman–Crippen LogP) is 8.01. The summed E-state index contributed by atoms with van der Waals surface area (Å²) in [6, 6.07) is 33.8. The topological polar surface area (TPSA) is 101 Å². The summed E-state index contributed by atoms with van der Waals surface area (Å²) in [4.78, 5) is 50.3. The number of nitrogens with one attached hydrogen (secondary N) is 2. The van der Waals surface area contributed by atoms with Crippen molar-refractivity contribution in [1.82, 2.24) is 34.6 Å². The van der Waals surface area contributed by atoms with Gasteiger partial charge in [0.25, 0.3) is 0 Å². The molecule has 4 heterocycles. The summed E-state index contributed by atoms with van der Waals surface area (Å²) in [6.07, 6.45) is 5.95. The maximum absolute atomic E-state index is 14.2. The molecule has 3 atom stereocenters. The molecule has 9 nitrogen and oxygen atoms in total. The molecule has 0 aliphatic carbocycles. The Morgan fingerprint density at radius 1 is 0.782 bits per heavy atom. The minimum Gasteiger partial charge on any atom is -0.340 e. The normalized spacial score (nSPS) is 17.4. The Kier molecular flexibility index (Phi) is 10.6. The van der Waals surface area contributed by atoms with Crippen LogP contribution in [0.4, 0.5) is 0 Å². The first-order valence-corrected chi connectivity index (χ1v) is 19.6. The Morgan fingerprint density at radius 2 is 1.44 bits per heavy atom. The highest BCUT2D eigenvalue weighted by atomic mass is 16.2. The fourth-order valence-electron chi connectivity index (χ4n) is 8.22. The maximum Gasteiger partial charge on any atom is 0.245 e. The van der Waals surface area contributed by atoms with Gasteiger partial charge in [-0.3, -0.25) is 14.5 Å². The van der Waals surface area contributed by atoms with Gasteiger partial charge in [-0.1, -0.05) is 98.5 Å². The molecule has 2 saturated heterocycles. The van der Waals surface area contributed by atoms with E-state index >= 15 is 0 Å². The van der Waals surface area contributed by atoms with Crippen molar-refractivity contribution in [3.8, 4) is 23.1 Å². The van der Waals surface area contributed by atoms with Gasteiger partial charge in [-0.15, -0.1) is 0 Å². The van der Waals surface area contributed by atoms with Crippen molar-refractivity contribution in [2.24, 2.45) is 0 Å². The molecule has 0 unspecified atom stereocenters. The van der Waals surface area contributed by atoms with Gasteiger partial charge in [0.1, 0.15) is 17.7 Å². The fraction of sp³-hybridized carbons (Fsp3) is 0.304. The molecule has 2 aromatic heterocycles. The van der Waals surface area contributed by atoms with Crippen LogP contribution in [0.2, 0.25) is 0 Å². The number of rotatable bonds is 10. The van der Waals surface area contributed by atoms with Crippen molar-refractivity contribution in [2.45, 2.75) is 64.1 Å². The number of likely N-dealkylation sites (N-methyl/N-ethyl adjacent to an activating group) is 1. The Hall–Kier alpha value is -5.98. The number of fused-ring (bicyclic) bond motifs is 1. The summed E-state index contributed by atoms with van der Waals surface area (Å²) in [5, 5.41) is 0. The van der Waals surface area contributed by atoms with E-state index < -0.39 is 0 Å². The molecular weight excluding hydrogens is 683 g/mol. The van der Waals surface area contributed by atoms with Gasteiger partial charge in [0, 0.05) is 24.2 Å². The van der Waals surface area contributed by atoms with E-state index in [1.54, 1.807) is 0 Å². The van der Waals surface area contributed by atoms with E-state index in [1.165, 1.54) is 0 Å². The predicted molar refractivity (Wildman–Crippen MR) is 216 cm³/mol. The number of imidazole rings is 2. The maximum atomic E-state index is 14.2. The van der Waals surface area contributed by atoms with Gasteiger partial charge in [-0.25, -0.2) is 9.97 Å². The first-order valence-electron chi connectivity index (χ1n) is 19.6. The molecule has 278 valence electrons. The Morgan fingerprint density at radius 3 is 2.16 bits per heavy atom. The molecule has 4 aromatic carbocycles. The quantitative estimate of drug-likeness (QED) is 0.139. The molecule has 2 N–H and O–H groups in total. The van der Waals surface area contributed by atoms with Crippen molar-refractivity contribution >= 4 is 22.8 Å². The summed E-state index contributed by atoms with van der Waals surface area (Å²) < 4.78 is 0. The largest absolute Gasteiger partial charge is 0.340 e. The van der Waals surface area contributed by atoms with Crippen molar-refractivity contribution in [3.05, 3.63) is 143 Å². The van der Waals surface area contributed by atoms with E-state index in [-0.39, 0.29) is 29.9 Å². The van der Waals surface area contributed by atoms with Crippen LogP contribution in [0.1, 0.15) is 91.6 Å². The van der Waals surface area contributed by atoms with E-state index in [0.717, 1.165) is 108 Å². The first-order chi connectivity index (χ1) is 27.0. The lowest BCUT2D eigenvalue weighted by Gasteiger charge is -2.34. The minimum absolute atomic E-state index is 0.0393. The zero-order valence-electron chi connectivity index (χ0n) is 31.5. The zero-order chi connectivity index (χ0) is 37.7. The second-order valence-corrected chi connectivity index (χ2v) is 14.5. The van der Waals surface area contributed by atoms with E-state index in [2.05, 4.69) is 64.8 Å². The zero-order valence-corrected chi connectivity index (χ0v) is 31.5. The molecule has 2 aliphatic rings. The number of carbonyl (C=O) groups excluding carboxylic acids is 2. The fourth-order valence-corrected chi connectivity index (χ4v) is 8.22. The molecule has 6 aromatic rings. The number of amides is 2. The van der Waals surface area contributed by atoms with Crippen LogP contribution >= 0.6 is 0 Å². The van der Waals surface area contributed by atoms with Crippen molar-refractivity contribution in [2.75, 3.05) is 26.2 Å². The first kappa shape index (κ1) is 36.0. The van der Waals surface area contributed by atoms with Gasteiger partial charge >= 0.3 is 0 Å². The second-order valence-electron chi connectivity index (χ2n) is 14.5. The molecule has 2 fully saturated rings. The lowest BCUT2D eigenvalue weighted by atomic mass is 10.0. The number of carbonyl (C=O) groups is 2. The Bertz CT molecular complexity index is 2320. The van der Waals surface area contributed by atoms with Crippen LogP contribution in [0, 0.1) is 11.8 Å². The van der Waals surface area contributed by atoms with Gasteiger partial charge in [0.05, 0.1) is 41.4 Å². The number of aromatic amines is 2.